The third kappa shape index (κ3) is 3.19. The Morgan fingerprint density at radius 2 is 2.04 bits per heavy atom. The summed E-state index contributed by atoms with van der Waals surface area (Å²) in [5, 5.41) is 4.78. The number of amides is 1. The lowest BCUT2D eigenvalue weighted by Crippen LogP contribution is -2.57. The number of nitrogens with zero attached hydrogens (tertiary/aromatic N) is 2. The van der Waals surface area contributed by atoms with Crippen molar-refractivity contribution in [2.24, 2.45) is 0 Å². The second kappa shape index (κ2) is 6.49. The van der Waals surface area contributed by atoms with E-state index in [1.807, 2.05) is 47.8 Å². The van der Waals surface area contributed by atoms with Crippen molar-refractivity contribution in [3.63, 3.8) is 0 Å². The molecule has 1 fully saturated rings. The molecule has 0 radical (unpaired) electrons. The quantitative estimate of drug-likeness (QED) is 0.716. The molecule has 1 aromatic heterocycles. The van der Waals surface area contributed by atoms with E-state index >= 15 is 0 Å². The van der Waals surface area contributed by atoms with Crippen LogP contribution in [0, 0.1) is 0 Å². The van der Waals surface area contributed by atoms with Crippen molar-refractivity contribution in [3.8, 4) is 10.9 Å². The van der Waals surface area contributed by atoms with Gasteiger partial charge in [-0.15, -0.1) is 0 Å². The van der Waals surface area contributed by atoms with Gasteiger partial charge in [0, 0.05) is 11.6 Å². The van der Waals surface area contributed by atoms with Gasteiger partial charge in [0.15, 0.2) is 6.61 Å². The fourth-order valence-corrected chi connectivity index (χ4v) is 3.17. The smallest absolute Gasteiger partial charge is 0.273 e. The number of carbonyl (C=O) groups excluding carboxylic acids is 1. The molecule has 4 rings (SSSR count). The van der Waals surface area contributed by atoms with Crippen LogP contribution >= 0.6 is 11.3 Å². The monoisotopic (exact) mass is 340 g/mol. The molecule has 0 aliphatic carbocycles. The highest BCUT2D eigenvalue weighted by atomic mass is 32.1. The molecule has 1 aliphatic rings. The SMILES string of the molecule is O=C(COc1ccc2ccccc2c1)N1CC(Oc2nccs2)C1. The van der Waals surface area contributed by atoms with Gasteiger partial charge in [-0.25, -0.2) is 4.98 Å². The third-order valence-electron chi connectivity index (χ3n) is 3.96. The Bertz CT molecular complexity index is 844. The highest BCUT2D eigenvalue weighted by molar-refractivity contribution is 7.11. The molecule has 2 aromatic carbocycles. The van der Waals surface area contributed by atoms with E-state index in [4.69, 9.17) is 9.47 Å². The molecular formula is C18H16N2O3S. The van der Waals surface area contributed by atoms with Crippen LogP contribution in [0.5, 0.6) is 10.9 Å². The summed E-state index contributed by atoms with van der Waals surface area (Å²) in [5.74, 6) is 0.681. The maximum absolute atomic E-state index is 12.1. The highest BCUT2D eigenvalue weighted by Gasteiger charge is 2.32. The number of benzene rings is 2. The van der Waals surface area contributed by atoms with Crippen LogP contribution in [0.2, 0.25) is 0 Å². The van der Waals surface area contributed by atoms with Crippen LogP contribution in [0.4, 0.5) is 0 Å². The number of likely N-dealkylation sites (tertiary alicyclic amines) is 1. The number of hydrogen-bond donors (Lipinski definition) is 0. The molecule has 5 nitrogen and oxygen atoms in total. The van der Waals surface area contributed by atoms with E-state index in [1.54, 1.807) is 11.1 Å². The molecule has 122 valence electrons. The minimum atomic E-state index is -0.0258. The van der Waals surface area contributed by atoms with Crippen LogP contribution < -0.4 is 9.47 Å². The average Bonchev–Trinajstić information content (AvgIpc) is 3.08. The van der Waals surface area contributed by atoms with Gasteiger partial charge in [0.05, 0.1) is 13.1 Å². The van der Waals surface area contributed by atoms with E-state index in [2.05, 4.69) is 4.98 Å². The number of fused-ring (bicyclic) bond motifs is 1. The minimum Gasteiger partial charge on any atom is -0.484 e. The number of aromatic nitrogens is 1. The fraction of sp³-hybridized carbons (Fsp3) is 0.222. The molecule has 0 atom stereocenters. The second-order valence-electron chi connectivity index (χ2n) is 5.63. The summed E-state index contributed by atoms with van der Waals surface area (Å²) in [6.07, 6.45) is 1.74. The lowest BCUT2D eigenvalue weighted by Gasteiger charge is -2.38. The third-order valence-corrected chi connectivity index (χ3v) is 4.62. The lowest BCUT2D eigenvalue weighted by atomic mass is 10.1. The van der Waals surface area contributed by atoms with Crippen molar-refractivity contribution < 1.29 is 14.3 Å². The Morgan fingerprint density at radius 3 is 2.83 bits per heavy atom. The van der Waals surface area contributed by atoms with Gasteiger partial charge in [0.1, 0.15) is 11.9 Å². The molecule has 1 amide bonds. The zero-order valence-electron chi connectivity index (χ0n) is 12.9. The molecule has 0 bridgehead atoms. The largest absolute Gasteiger partial charge is 0.484 e. The van der Waals surface area contributed by atoms with Crippen molar-refractivity contribution >= 4 is 28.0 Å². The van der Waals surface area contributed by atoms with Gasteiger partial charge >= 0.3 is 0 Å². The first kappa shape index (κ1) is 15.0. The number of carbonyl (C=O) groups is 1. The van der Waals surface area contributed by atoms with Gasteiger partial charge < -0.3 is 14.4 Å². The molecule has 24 heavy (non-hydrogen) atoms. The normalized spacial score (nSPS) is 14.4. The van der Waals surface area contributed by atoms with Gasteiger partial charge in [-0.05, 0) is 22.9 Å². The first-order valence-corrected chi connectivity index (χ1v) is 8.61. The van der Waals surface area contributed by atoms with Crippen molar-refractivity contribution in [3.05, 3.63) is 54.0 Å². The molecule has 3 aromatic rings. The van der Waals surface area contributed by atoms with Gasteiger partial charge in [-0.2, -0.15) is 0 Å². The number of thiazole rings is 1. The summed E-state index contributed by atoms with van der Waals surface area (Å²) in [7, 11) is 0. The van der Waals surface area contributed by atoms with Crippen LogP contribution in [0.15, 0.2) is 54.0 Å². The van der Waals surface area contributed by atoms with Crippen molar-refractivity contribution in [1.29, 1.82) is 0 Å². The van der Waals surface area contributed by atoms with Gasteiger partial charge in [0.25, 0.3) is 11.1 Å². The molecule has 0 unspecified atom stereocenters. The summed E-state index contributed by atoms with van der Waals surface area (Å²) >= 11 is 1.46. The second-order valence-corrected chi connectivity index (χ2v) is 6.49. The molecule has 1 saturated heterocycles. The highest BCUT2D eigenvalue weighted by Crippen LogP contribution is 2.22. The van der Waals surface area contributed by atoms with Crippen molar-refractivity contribution in [1.82, 2.24) is 9.88 Å². The first-order valence-electron chi connectivity index (χ1n) is 7.73. The Morgan fingerprint density at radius 1 is 1.21 bits per heavy atom. The fourth-order valence-electron chi connectivity index (χ4n) is 2.62. The van der Waals surface area contributed by atoms with Crippen molar-refractivity contribution in [2.45, 2.75) is 6.10 Å². The van der Waals surface area contributed by atoms with E-state index < -0.39 is 0 Å². The Labute approximate surface area is 143 Å². The molecular weight excluding hydrogens is 324 g/mol. The lowest BCUT2D eigenvalue weighted by molar-refractivity contribution is -0.142. The van der Waals surface area contributed by atoms with Crippen LogP contribution in [0.25, 0.3) is 10.8 Å². The topological polar surface area (TPSA) is 51.7 Å². The summed E-state index contributed by atoms with van der Waals surface area (Å²) in [4.78, 5) is 18.0. The Balaban J connectivity index is 1.27. The molecule has 0 N–H and O–H groups in total. The summed E-state index contributed by atoms with van der Waals surface area (Å²) in [6.45, 7) is 1.21. The summed E-state index contributed by atoms with van der Waals surface area (Å²) in [6, 6.07) is 13.9. The van der Waals surface area contributed by atoms with E-state index in [9.17, 15) is 4.79 Å². The van der Waals surface area contributed by atoms with E-state index in [0.29, 0.717) is 24.0 Å². The molecule has 1 aliphatic heterocycles. The zero-order chi connectivity index (χ0) is 16.4. The average molecular weight is 340 g/mol. The van der Waals surface area contributed by atoms with E-state index in [-0.39, 0.29) is 18.6 Å². The standard InChI is InChI=1S/C18H16N2O3S/c21-17(20-10-16(11-20)23-18-19-7-8-24-18)12-22-15-6-5-13-3-1-2-4-14(13)9-15/h1-9,16H,10-12H2. The predicted octanol–water partition coefficient (Wildman–Crippen LogP) is 2.96. The summed E-state index contributed by atoms with van der Waals surface area (Å²) < 4.78 is 11.3. The number of rotatable bonds is 5. The molecule has 2 heterocycles. The number of hydrogen-bond acceptors (Lipinski definition) is 5. The van der Waals surface area contributed by atoms with Gasteiger partial charge in [0.2, 0.25) is 0 Å². The van der Waals surface area contributed by atoms with E-state index in [0.717, 1.165) is 10.8 Å². The number of ether oxygens (including phenoxy) is 2. The van der Waals surface area contributed by atoms with Crippen LogP contribution in [-0.4, -0.2) is 41.6 Å². The molecule has 0 saturated carbocycles. The molecule has 0 spiro atoms. The zero-order valence-corrected chi connectivity index (χ0v) is 13.7. The van der Waals surface area contributed by atoms with Gasteiger partial charge in [-0.1, -0.05) is 41.7 Å². The minimum absolute atomic E-state index is 0.0258. The van der Waals surface area contributed by atoms with Gasteiger partial charge in [-0.3, -0.25) is 4.79 Å². The van der Waals surface area contributed by atoms with Crippen molar-refractivity contribution in [2.75, 3.05) is 19.7 Å². The maximum atomic E-state index is 12.1. The Kier molecular flexibility index (Phi) is 4.04. The summed E-state index contributed by atoms with van der Waals surface area (Å²) in [5.41, 5.74) is 0. The van der Waals surface area contributed by atoms with E-state index in [1.165, 1.54) is 11.3 Å². The molecule has 6 heteroatoms. The predicted molar refractivity (Wildman–Crippen MR) is 92.6 cm³/mol. The maximum Gasteiger partial charge on any atom is 0.273 e. The first-order chi connectivity index (χ1) is 11.8. The van der Waals surface area contributed by atoms with Crippen LogP contribution in [0.3, 0.4) is 0 Å². The Hall–Kier alpha value is -2.60. The van der Waals surface area contributed by atoms with Crippen LogP contribution in [-0.2, 0) is 4.79 Å². The van der Waals surface area contributed by atoms with Crippen LogP contribution in [0.1, 0.15) is 0 Å².